The van der Waals surface area contributed by atoms with Crippen molar-refractivity contribution in [2.75, 3.05) is 29.2 Å². The predicted molar refractivity (Wildman–Crippen MR) is 127 cm³/mol. The lowest BCUT2D eigenvalue weighted by atomic mass is 10.0. The first kappa shape index (κ1) is 27.2. The topological polar surface area (TPSA) is 220 Å². The minimum absolute atomic E-state index is 0.0178. The van der Waals surface area contributed by atoms with Gasteiger partial charge in [0, 0.05) is 5.56 Å². The molecule has 4 N–H and O–H groups in total. The van der Waals surface area contributed by atoms with Crippen LogP contribution < -0.4 is 16.0 Å². The molecule has 1 aromatic heterocycles. The van der Waals surface area contributed by atoms with Crippen LogP contribution >= 0.6 is 0 Å². The number of nitrogens with one attached hydrogen (secondary N) is 3. The lowest BCUT2D eigenvalue weighted by Gasteiger charge is -2.19. The van der Waals surface area contributed by atoms with E-state index >= 15 is 0 Å². The number of aromatic nitrogens is 1. The highest BCUT2D eigenvalue weighted by Crippen LogP contribution is 2.44. The summed E-state index contributed by atoms with van der Waals surface area (Å²) < 4.78 is 9.44. The zero-order valence-electron chi connectivity index (χ0n) is 19.4. The van der Waals surface area contributed by atoms with Gasteiger partial charge in [-0.25, -0.2) is 9.59 Å². The van der Waals surface area contributed by atoms with Crippen LogP contribution in [0.3, 0.4) is 0 Å². The van der Waals surface area contributed by atoms with Gasteiger partial charge in [0.1, 0.15) is 5.71 Å². The van der Waals surface area contributed by atoms with E-state index in [0.717, 1.165) is 0 Å². The number of hydrogen-bond acceptors (Lipinski definition) is 12. The molecular formula is C20H23N7O9. The van der Waals surface area contributed by atoms with E-state index in [2.05, 4.69) is 15.5 Å². The Morgan fingerprint density at radius 3 is 1.86 bits per heavy atom. The molecule has 0 fully saturated rings. The number of carbonyl (C=O) groups is 2. The molecule has 1 aromatic carbocycles. The third-order valence-electron chi connectivity index (χ3n) is 4.45. The van der Waals surface area contributed by atoms with E-state index in [4.69, 9.17) is 9.47 Å². The number of rotatable bonds is 10. The largest absolute Gasteiger partial charge is 0.450 e. The lowest BCUT2D eigenvalue weighted by molar-refractivity contribution is -0.391. The number of benzene rings is 1. The van der Waals surface area contributed by atoms with E-state index in [0.29, 0.717) is 5.56 Å². The van der Waals surface area contributed by atoms with Crippen LogP contribution in [0.2, 0.25) is 0 Å². The number of hydrogen-bond donors (Lipinski definition) is 4. The Bertz CT molecular complexity index is 1120. The van der Waals surface area contributed by atoms with E-state index in [1.807, 2.05) is 10.6 Å². The molecule has 0 bridgehead atoms. The molecular weight excluding hydrogens is 482 g/mol. The van der Waals surface area contributed by atoms with Crippen LogP contribution in [0.25, 0.3) is 0 Å². The normalized spacial score (nSPS) is 11.7. The minimum atomic E-state index is -1.13. The smallest absolute Gasteiger partial charge is 0.412 e. The van der Waals surface area contributed by atoms with Gasteiger partial charge in [-0.3, -0.25) is 30.9 Å². The first-order valence-electron chi connectivity index (χ1n) is 10.4. The van der Waals surface area contributed by atoms with Gasteiger partial charge in [0.25, 0.3) is 0 Å². The fraction of sp³-hybridized carbons (Fsp3) is 0.300. The van der Waals surface area contributed by atoms with Crippen LogP contribution in [0, 0.1) is 20.2 Å². The monoisotopic (exact) mass is 505 g/mol. The summed E-state index contributed by atoms with van der Waals surface area (Å²) in [6, 6.07) is 7.12. The summed E-state index contributed by atoms with van der Waals surface area (Å²) in [7, 11) is 0. The van der Waals surface area contributed by atoms with Crippen LogP contribution in [0.15, 0.2) is 35.5 Å². The standard InChI is InChI=1S/C20H23N7O9/c1-4-35-19(28)23-17-15(26(31)32)14(16(27(33)34)18(22-17)24-20(29)36-5-2)21-11(3)13(25-30)12-9-7-6-8-10-12/h6-11,30H,4-5H2,1-3H3,(H3,21,22,23,24,28,29)/b25-13+. The van der Waals surface area contributed by atoms with E-state index in [1.165, 1.54) is 20.8 Å². The van der Waals surface area contributed by atoms with Crippen molar-refractivity contribution in [3.8, 4) is 0 Å². The number of nitro groups is 2. The maximum absolute atomic E-state index is 12.0. The van der Waals surface area contributed by atoms with E-state index < -0.39 is 56.8 Å². The second kappa shape index (κ2) is 12.4. The second-order valence-electron chi connectivity index (χ2n) is 6.80. The number of ether oxygens (including phenoxy) is 2. The fourth-order valence-corrected chi connectivity index (χ4v) is 3.05. The minimum Gasteiger partial charge on any atom is -0.450 e. The maximum atomic E-state index is 12.0. The third-order valence-corrected chi connectivity index (χ3v) is 4.45. The summed E-state index contributed by atoms with van der Waals surface area (Å²) in [5.41, 5.74) is -2.34. The van der Waals surface area contributed by atoms with Crippen molar-refractivity contribution >= 4 is 46.6 Å². The number of carbonyl (C=O) groups excluding carboxylic acids is 2. The Morgan fingerprint density at radius 2 is 1.47 bits per heavy atom. The molecule has 0 aliphatic rings. The lowest BCUT2D eigenvalue weighted by Crippen LogP contribution is -2.29. The number of nitrogens with zero attached hydrogens (tertiary/aromatic N) is 4. The van der Waals surface area contributed by atoms with Gasteiger partial charge >= 0.3 is 23.6 Å². The maximum Gasteiger partial charge on any atom is 0.412 e. The highest BCUT2D eigenvalue weighted by atomic mass is 16.6. The van der Waals surface area contributed by atoms with Crippen molar-refractivity contribution in [1.29, 1.82) is 0 Å². The van der Waals surface area contributed by atoms with Crippen molar-refractivity contribution in [1.82, 2.24) is 4.98 Å². The fourth-order valence-electron chi connectivity index (χ4n) is 3.05. The molecule has 192 valence electrons. The molecule has 0 aliphatic carbocycles. The highest BCUT2D eigenvalue weighted by Gasteiger charge is 2.38. The van der Waals surface area contributed by atoms with Gasteiger partial charge in [0.2, 0.25) is 17.3 Å². The third kappa shape index (κ3) is 6.52. The van der Waals surface area contributed by atoms with Crippen molar-refractivity contribution in [3.05, 3.63) is 56.1 Å². The molecule has 0 saturated heterocycles. The van der Waals surface area contributed by atoms with Gasteiger partial charge < -0.3 is 20.0 Å². The van der Waals surface area contributed by atoms with Crippen molar-refractivity contribution in [3.63, 3.8) is 0 Å². The van der Waals surface area contributed by atoms with Crippen LogP contribution in [-0.2, 0) is 9.47 Å². The predicted octanol–water partition coefficient (Wildman–Crippen LogP) is 3.71. The van der Waals surface area contributed by atoms with Gasteiger partial charge in [0.05, 0.1) is 29.1 Å². The Labute approximate surface area is 203 Å². The molecule has 36 heavy (non-hydrogen) atoms. The zero-order chi connectivity index (χ0) is 26.8. The number of amides is 2. The van der Waals surface area contributed by atoms with E-state index in [-0.39, 0.29) is 18.9 Å². The SMILES string of the molecule is CCOC(=O)Nc1nc(NC(=O)OCC)c([N+](=O)[O-])c(NC(C)/C(=N\O)c2ccccc2)c1[N+](=O)[O-]. The van der Waals surface area contributed by atoms with Crippen LogP contribution in [0.4, 0.5) is 38.3 Å². The van der Waals surface area contributed by atoms with Gasteiger partial charge in [0.15, 0.2) is 0 Å². The number of pyridine rings is 1. The highest BCUT2D eigenvalue weighted by molar-refractivity contribution is 6.06. The Morgan fingerprint density at radius 1 is 1.00 bits per heavy atom. The average molecular weight is 505 g/mol. The summed E-state index contributed by atoms with van der Waals surface area (Å²) in [4.78, 5) is 49.7. The molecule has 2 amide bonds. The van der Waals surface area contributed by atoms with Crippen molar-refractivity contribution in [2.24, 2.45) is 5.16 Å². The molecule has 2 aromatic rings. The second-order valence-corrected chi connectivity index (χ2v) is 6.80. The Kier molecular flexibility index (Phi) is 9.41. The Balaban J connectivity index is 2.75. The molecule has 16 heteroatoms. The summed E-state index contributed by atoms with van der Waals surface area (Å²) in [5.74, 6) is -1.51. The summed E-state index contributed by atoms with van der Waals surface area (Å²) in [6.45, 7) is 4.22. The quantitative estimate of drug-likeness (QED) is 0.158. The molecule has 1 unspecified atom stereocenters. The molecule has 1 heterocycles. The van der Waals surface area contributed by atoms with Crippen LogP contribution in [-0.4, -0.2) is 57.2 Å². The number of anilines is 3. The van der Waals surface area contributed by atoms with E-state index in [9.17, 15) is 35.0 Å². The number of oxime groups is 1. The molecule has 0 aliphatic heterocycles. The Hall–Kier alpha value is -5.02. The van der Waals surface area contributed by atoms with Crippen LogP contribution in [0.1, 0.15) is 26.3 Å². The molecule has 1 atom stereocenters. The first-order chi connectivity index (χ1) is 17.1. The van der Waals surface area contributed by atoms with Crippen LogP contribution in [0.5, 0.6) is 0 Å². The average Bonchev–Trinajstić information content (AvgIpc) is 2.80. The summed E-state index contributed by atoms with van der Waals surface area (Å²) >= 11 is 0. The summed E-state index contributed by atoms with van der Waals surface area (Å²) in [6.07, 6.45) is -2.27. The molecule has 16 nitrogen and oxygen atoms in total. The molecule has 2 rings (SSSR count). The first-order valence-corrected chi connectivity index (χ1v) is 10.4. The van der Waals surface area contributed by atoms with Gasteiger partial charge in [-0.1, -0.05) is 35.5 Å². The zero-order valence-corrected chi connectivity index (χ0v) is 19.4. The molecule has 0 saturated carbocycles. The van der Waals surface area contributed by atoms with Gasteiger partial charge in [-0.2, -0.15) is 4.98 Å². The van der Waals surface area contributed by atoms with E-state index in [1.54, 1.807) is 30.3 Å². The summed E-state index contributed by atoms with van der Waals surface area (Å²) in [5, 5.41) is 43.5. The molecule has 0 radical (unpaired) electrons. The van der Waals surface area contributed by atoms with Crippen molar-refractivity contribution in [2.45, 2.75) is 26.8 Å². The molecule has 0 spiro atoms. The van der Waals surface area contributed by atoms with Crippen molar-refractivity contribution < 1.29 is 34.1 Å². The van der Waals surface area contributed by atoms with Gasteiger partial charge in [-0.15, -0.1) is 0 Å². The van der Waals surface area contributed by atoms with Gasteiger partial charge in [-0.05, 0) is 20.8 Å².